The minimum atomic E-state index is -0.963. The van der Waals surface area contributed by atoms with Gasteiger partial charge in [-0.3, -0.25) is 0 Å². The minimum absolute atomic E-state index is 0.139. The maximum atomic E-state index is 10.7. The number of aromatic carboxylic acids is 1. The minimum Gasteiger partial charge on any atom is -0.494 e. The van der Waals surface area contributed by atoms with Gasteiger partial charge in [0.2, 0.25) is 0 Å². The van der Waals surface area contributed by atoms with Gasteiger partial charge < -0.3 is 9.84 Å². The zero-order valence-corrected chi connectivity index (χ0v) is 11.2. The molecule has 2 aromatic rings. The lowest BCUT2D eigenvalue weighted by Crippen LogP contribution is -1.99. The first-order valence-corrected chi connectivity index (χ1v) is 6.99. The smallest absolute Gasteiger partial charge is 0.355 e. The van der Waals surface area contributed by atoms with E-state index >= 15 is 0 Å². The summed E-state index contributed by atoms with van der Waals surface area (Å²) in [6, 6.07) is 9.70. The molecule has 0 spiro atoms. The molecule has 4 nitrogen and oxygen atoms in total. The highest BCUT2D eigenvalue weighted by molar-refractivity contribution is 7.09. The topological polar surface area (TPSA) is 59.4 Å². The molecule has 0 fully saturated rings. The highest BCUT2D eigenvalue weighted by Crippen LogP contribution is 2.13. The Labute approximate surface area is 115 Å². The first kappa shape index (κ1) is 13.5. The number of rotatable bonds is 7. The van der Waals surface area contributed by atoms with Crippen LogP contribution in [0.2, 0.25) is 0 Å². The van der Waals surface area contributed by atoms with E-state index in [9.17, 15) is 4.79 Å². The first-order chi connectivity index (χ1) is 9.25. The molecular formula is C14H15NO3S. The third-order valence-electron chi connectivity index (χ3n) is 2.57. The lowest BCUT2D eigenvalue weighted by molar-refractivity contribution is 0.0691. The van der Waals surface area contributed by atoms with Gasteiger partial charge in [-0.05, 0) is 31.4 Å². The zero-order valence-electron chi connectivity index (χ0n) is 10.4. The summed E-state index contributed by atoms with van der Waals surface area (Å²) in [5.41, 5.74) is 0.139. The van der Waals surface area contributed by atoms with Gasteiger partial charge in [0, 0.05) is 5.38 Å². The fraction of sp³-hybridized carbons (Fsp3) is 0.286. The molecule has 0 saturated carbocycles. The van der Waals surface area contributed by atoms with E-state index in [1.807, 2.05) is 30.3 Å². The van der Waals surface area contributed by atoms with Gasteiger partial charge in [-0.2, -0.15) is 0 Å². The van der Waals surface area contributed by atoms with Crippen molar-refractivity contribution in [3.63, 3.8) is 0 Å². The van der Waals surface area contributed by atoms with Crippen molar-refractivity contribution in [3.8, 4) is 5.75 Å². The summed E-state index contributed by atoms with van der Waals surface area (Å²) in [7, 11) is 0. The van der Waals surface area contributed by atoms with Crippen LogP contribution in [0.25, 0.3) is 0 Å². The van der Waals surface area contributed by atoms with Crippen LogP contribution < -0.4 is 4.74 Å². The van der Waals surface area contributed by atoms with E-state index in [1.54, 1.807) is 5.38 Å². The van der Waals surface area contributed by atoms with Gasteiger partial charge >= 0.3 is 5.97 Å². The number of hydrogen-bond acceptors (Lipinski definition) is 4. The van der Waals surface area contributed by atoms with E-state index in [0.29, 0.717) is 6.61 Å². The second kappa shape index (κ2) is 6.89. The normalized spacial score (nSPS) is 10.3. The summed E-state index contributed by atoms with van der Waals surface area (Å²) in [5, 5.41) is 11.2. The van der Waals surface area contributed by atoms with Crippen LogP contribution in [0.1, 0.15) is 28.3 Å². The maximum absolute atomic E-state index is 10.7. The molecule has 1 aromatic carbocycles. The largest absolute Gasteiger partial charge is 0.494 e. The van der Waals surface area contributed by atoms with Gasteiger partial charge in [0.15, 0.2) is 5.69 Å². The second-order valence-electron chi connectivity index (χ2n) is 4.05. The predicted molar refractivity (Wildman–Crippen MR) is 73.9 cm³/mol. The number of nitrogens with zero attached hydrogens (tertiary/aromatic N) is 1. The number of aromatic nitrogens is 1. The summed E-state index contributed by atoms with van der Waals surface area (Å²) in [6.45, 7) is 0.668. The summed E-state index contributed by atoms with van der Waals surface area (Å²) >= 11 is 1.40. The van der Waals surface area contributed by atoms with E-state index in [-0.39, 0.29) is 5.69 Å². The average molecular weight is 277 g/mol. The quantitative estimate of drug-likeness (QED) is 0.789. The van der Waals surface area contributed by atoms with E-state index < -0.39 is 5.97 Å². The lowest BCUT2D eigenvalue weighted by atomic mass is 10.2. The van der Waals surface area contributed by atoms with Crippen LogP contribution in [-0.2, 0) is 6.42 Å². The van der Waals surface area contributed by atoms with E-state index in [4.69, 9.17) is 9.84 Å². The molecule has 19 heavy (non-hydrogen) atoms. The average Bonchev–Trinajstić information content (AvgIpc) is 2.89. The Morgan fingerprint density at radius 3 is 2.74 bits per heavy atom. The molecule has 100 valence electrons. The van der Waals surface area contributed by atoms with Crippen LogP contribution in [0, 0.1) is 0 Å². The fourth-order valence-electron chi connectivity index (χ4n) is 1.61. The third kappa shape index (κ3) is 4.37. The molecule has 0 aliphatic rings. The molecule has 0 unspecified atom stereocenters. The molecule has 2 rings (SSSR count). The molecular weight excluding hydrogens is 262 g/mol. The number of carbonyl (C=O) groups is 1. The van der Waals surface area contributed by atoms with E-state index in [2.05, 4.69) is 4.98 Å². The number of unbranched alkanes of at least 4 members (excludes halogenated alkanes) is 1. The molecule has 1 aromatic heterocycles. The summed E-state index contributed by atoms with van der Waals surface area (Å²) in [4.78, 5) is 14.7. The summed E-state index contributed by atoms with van der Waals surface area (Å²) < 4.78 is 5.58. The van der Waals surface area contributed by atoms with Gasteiger partial charge in [-0.15, -0.1) is 11.3 Å². The van der Waals surface area contributed by atoms with Gasteiger partial charge in [0.1, 0.15) is 5.75 Å². The Morgan fingerprint density at radius 1 is 1.26 bits per heavy atom. The number of benzene rings is 1. The van der Waals surface area contributed by atoms with Crippen LogP contribution in [0.5, 0.6) is 5.75 Å². The van der Waals surface area contributed by atoms with Crippen LogP contribution in [0.15, 0.2) is 35.7 Å². The third-order valence-corrected chi connectivity index (χ3v) is 3.48. The molecule has 0 radical (unpaired) electrons. The Balaban J connectivity index is 1.65. The van der Waals surface area contributed by atoms with Gasteiger partial charge in [0.05, 0.1) is 11.6 Å². The molecule has 1 N–H and O–H groups in total. The van der Waals surface area contributed by atoms with Crippen molar-refractivity contribution >= 4 is 17.3 Å². The second-order valence-corrected chi connectivity index (χ2v) is 4.99. The number of aryl methyl sites for hydroxylation is 1. The Hall–Kier alpha value is -1.88. The standard InChI is InChI=1S/C14H15NO3S/c16-14(17)12-10-19-13(15-12)8-4-5-9-18-11-6-2-1-3-7-11/h1-3,6-7,10H,4-5,8-9H2,(H,16,17). The number of carboxylic acids is 1. The van der Waals surface area contributed by atoms with Crippen molar-refractivity contribution in [2.75, 3.05) is 6.61 Å². The van der Waals surface area contributed by atoms with Crippen molar-refractivity contribution in [3.05, 3.63) is 46.4 Å². The molecule has 0 aliphatic carbocycles. The van der Waals surface area contributed by atoms with Crippen molar-refractivity contribution in [2.24, 2.45) is 0 Å². The van der Waals surface area contributed by atoms with Crippen molar-refractivity contribution in [1.29, 1.82) is 0 Å². The molecule has 0 bridgehead atoms. The number of ether oxygens (including phenoxy) is 1. The first-order valence-electron chi connectivity index (χ1n) is 6.11. The van der Waals surface area contributed by atoms with E-state index in [1.165, 1.54) is 11.3 Å². The summed E-state index contributed by atoms with van der Waals surface area (Å²) in [6.07, 6.45) is 2.67. The van der Waals surface area contributed by atoms with Crippen molar-refractivity contribution in [1.82, 2.24) is 4.98 Å². The molecule has 5 heteroatoms. The predicted octanol–water partition coefficient (Wildman–Crippen LogP) is 3.24. The number of carboxylic acid groups (broad SMARTS) is 1. The van der Waals surface area contributed by atoms with Crippen molar-refractivity contribution < 1.29 is 14.6 Å². The molecule has 0 aliphatic heterocycles. The molecule has 0 saturated heterocycles. The number of para-hydroxylation sites is 1. The molecule has 0 amide bonds. The molecule has 0 atom stereocenters. The zero-order chi connectivity index (χ0) is 13.5. The van der Waals surface area contributed by atoms with Crippen LogP contribution >= 0.6 is 11.3 Å². The van der Waals surface area contributed by atoms with E-state index in [0.717, 1.165) is 30.0 Å². The highest BCUT2D eigenvalue weighted by atomic mass is 32.1. The van der Waals surface area contributed by atoms with Crippen molar-refractivity contribution in [2.45, 2.75) is 19.3 Å². The van der Waals surface area contributed by atoms with Gasteiger partial charge in [0.25, 0.3) is 0 Å². The monoisotopic (exact) mass is 277 g/mol. The molecule has 1 heterocycles. The Morgan fingerprint density at radius 2 is 2.05 bits per heavy atom. The summed E-state index contributed by atoms with van der Waals surface area (Å²) in [5.74, 6) is -0.0835. The Kier molecular flexibility index (Phi) is 4.92. The van der Waals surface area contributed by atoms with Crippen LogP contribution in [0.3, 0.4) is 0 Å². The van der Waals surface area contributed by atoms with Crippen LogP contribution in [-0.4, -0.2) is 22.7 Å². The fourth-order valence-corrected chi connectivity index (χ4v) is 2.42. The van der Waals surface area contributed by atoms with Crippen LogP contribution in [0.4, 0.5) is 0 Å². The van der Waals surface area contributed by atoms with Gasteiger partial charge in [-0.1, -0.05) is 18.2 Å². The highest BCUT2D eigenvalue weighted by Gasteiger charge is 2.07. The lowest BCUT2D eigenvalue weighted by Gasteiger charge is -2.04. The maximum Gasteiger partial charge on any atom is 0.355 e. The SMILES string of the molecule is O=C(O)c1csc(CCCCOc2ccccc2)n1. The number of hydrogen-bond donors (Lipinski definition) is 1. The Bertz CT molecular complexity index is 524. The number of thiazole rings is 1. The van der Waals surface area contributed by atoms with Gasteiger partial charge in [-0.25, -0.2) is 9.78 Å².